The lowest BCUT2D eigenvalue weighted by molar-refractivity contribution is 1.40. The van der Waals surface area contributed by atoms with Crippen LogP contribution in [0.5, 0.6) is 0 Å². The third kappa shape index (κ3) is 1.73. The van der Waals surface area contributed by atoms with Gasteiger partial charge in [-0.2, -0.15) is 0 Å². The van der Waals surface area contributed by atoms with Crippen LogP contribution < -0.4 is 0 Å². The molecule has 0 atom stereocenters. The highest BCUT2D eigenvalue weighted by Crippen LogP contribution is 2.23. The van der Waals surface area contributed by atoms with Crippen LogP contribution in [0.1, 0.15) is 0 Å². The van der Waals surface area contributed by atoms with E-state index in [4.69, 9.17) is 0 Å². The number of hydrogen-bond acceptors (Lipinski definition) is 1. The third-order valence-electron chi connectivity index (χ3n) is 0.974. The van der Waals surface area contributed by atoms with Gasteiger partial charge in [-0.1, -0.05) is 12.1 Å². The first-order valence-electron chi connectivity index (χ1n) is 2.55. The Morgan fingerprint density at radius 3 is 2.89 bits per heavy atom. The molecular weight excluding hydrogens is 196 g/mol. The molecule has 0 bridgehead atoms. The highest BCUT2D eigenvalue weighted by molar-refractivity contribution is 9.10. The van der Waals surface area contributed by atoms with Gasteiger partial charge in [0.05, 0.1) is 0 Å². The monoisotopic (exact) mass is 201 g/mol. The standard InChI is InChI=1S/C7H6BrS/c1-9-7-5-3-2-4-6(7)8/h2-4H,1H3. The van der Waals surface area contributed by atoms with Crippen LogP contribution in [0, 0.1) is 6.07 Å². The number of rotatable bonds is 1. The fourth-order valence-electron chi connectivity index (χ4n) is 0.557. The molecule has 0 fully saturated rings. The molecule has 1 aromatic carbocycles. The lowest BCUT2D eigenvalue weighted by Crippen LogP contribution is -1.69. The molecule has 0 saturated heterocycles. The van der Waals surface area contributed by atoms with E-state index >= 15 is 0 Å². The van der Waals surface area contributed by atoms with Gasteiger partial charge in [0.15, 0.2) is 0 Å². The summed E-state index contributed by atoms with van der Waals surface area (Å²) >= 11 is 5.10. The van der Waals surface area contributed by atoms with Gasteiger partial charge in [-0.25, -0.2) is 0 Å². The minimum atomic E-state index is 1.12. The Morgan fingerprint density at radius 2 is 2.44 bits per heavy atom. The smallest absolute Gasteiger partial charge is 0.0317 e. The van der Waals surface area contributed by atoms with E-state index in [2.05, 4.69) is 22.0 Å². The molecule has 47 valence electrons. The molecule has 1 radical (unpaired) electrons. The first-order chi connectivity index (χ1) is 4.34. The van der Waals surface area contributed by atoms with Gasteiger partial charge in [0.2, 0.25) is 0 Å². The van der Waals surface area contributed by atoms with E-state index in [1.54, 1.807) is 11.8 Å². The van der Waals surface area contributed by atoms with Crippen molar-refractivity contribution in [2.24, 2.45) is 0 Å². The molecule has 1 aromatic rings. The topological polar surface area (TPSA) is 0 Å². The largest absolute Gasteiger partial charge is 0.128 e. The first kappa shape index (κ1) is 7.16. The van der Waals surface area contributed by atoms with Crippen molar-refractivity contribution in [2.75, 3.05) is 6.26 Å². The van der Waals surface area contributed by atoms with Gasteiger partial charge >= 0.3 is 0 Å². The van der Waals surface area contributed by atoms with Crippen LogP contribution in [0.3, 0.4) is 0 Å². The summed E-state index contributed by atoms with van der Waals surface area (Å²) in [6.07, 6.45) is 2.04. The van der Waals surface area contributed by atoms with E-state index in [0.717, 1.165) is 9.37 Å². The van der Waals surface area contributed by atoms with Gasteiger partial charge in [-0.05, 0) is 34.3 Å². The number of hydrogen-bond donors (Lipinski definition) is 0. The van der Waals surface area contributed by atoms with Crippen molar-refractivity contribution in [3.8, 4) is 0 Å². The molecule has 0 nitrogen and oxygen atoms in total. The zero-order chi connectivity index (χ0) is 6.69. The minimum absolute atomic E-state index is 1.12. The molecule has 0 aliphatic carbocycles. The van der Waals surface area contributed by atoms with Gasteiger partial charge in [-0.15, -0.1) is 11.8 Å². The Labute approximate surface area is 67.8 Å². The van der Waals surface area contributed by atoms with E-state index in [0.29, 0.717) is 0 Å². The van der Waals surface area contributed by atoms with Crippen molar-refractivity contribution in [3.05, 3.63) is 28.7 Å². The van der Waals surface area contributed by atoms with Crippen molar-refractivity contribution in [2.45, 2.75) is 4.90 Å². The minimum Gasteiger partial charge on any atom is -0.128 e. The maximum absolute atomic E-state index is 3.40. The average Bonchev–Trinajstić information content (AvgIpc) is 1.89. The summed E-state index contributed by atoms with van der Waals surface area (Å²) in [4.78, 5) is 1.16. The molecule has 9 heavy (non-hydrogen) atoms. The van der Waals surface area contributed by atoms with Gasteiger partial charge in [0.1, 0.15) is 0 Å². The maximum atomic E-state index is 3.40. The van der Waals surface area contributed by atoms with Gasteiger partial charge in [0, 0.05) is 9.37 Å². The second kappa shape index (κ2) is 3.28. The Kier molecular flexibility index (Phi) is 2.61. The molecule has 0 saturated carbocycles. The van der Waals surface area contributed by atoms with Crippen LogP contribution in [0.2, 0.25) is 0 Å². The second-order valence-electron chi connectivity index (χ2n) is 1.55. The van der Waals surface area contributed by atoms with Crippen LogP contribution in [-0.4, -0.2) is 6.26 Å². The molecule has 0 aliphatic rings. The molecule has 0 amide bonds. The summed E-state index contributed by atoms with van der Waals surface area (Å²) in [5, 5.41) is 0. The molecule has 0 N–H and O–H groups in total. The van der Waals surface area contributed by atoms with Crippen LogP contribution in [0.25, 0.3) is 0 Å². The molecule has 0 unspecified atom stereocenters. The SMILES string of the molecule is CSc1[c]cccc1Br. The van der Waals surface area contributed by atoms with Crippen molar-refractivity contribution in [1.29, 1.82) is 0 Å². The lowest BCUT2D eigenvalue weighted by atomic mass is 10.4. The summed E-state index contributed by atoms with van der Waals surface area (Å²) < 4.78 is 1.12. The predicted molar refractivity (Wildman–Crippen MR) is 44.8 cm³/mol. The van der Waals surface area contributed by atoms with E-state index in [-0.39, 0.29) is 0 Å². The van der Waals surface area contributed by atoms with Crippen LogP contribution in [0.4, 0.5) is 0 Å². The van der Waals surface area contributed by atoms with E-state index in [9.17, 15) is 0 Å². The first-order valence-corrected chi connectivity index (χ1v) is 4.56. The molecule has 1 rings (SSSR count). The average molecular weight is 202 g/mol. The van der Waals surface area contributed by atoms with E-state index < -0.39 is 0 Å². The fraction of sp³-hybridized carbons (Fsp3) is 0.143. The maximum Gasteiger partial charge on any atom is 0.0317 e. The number of benzene rings is 1. The Balaban J connectivity index is 3.01. The van der Waals surface area contributed by atoms with Crippen molar-refractivity contribution in [3.63, 3.8) is 0 Å². The predicted octanol–water partition coefficient (Wildman–Crippen LogP) is 2.97. The molecule has 0 heterocycles. The van der Waals surface area contributed by atoms with E-state index in [1.807, 2.05) is 24.5 Å². The Hall–Kier alpha value is 0.0500. The van der Waals surface area contributed by atoms with Gasteiger partial charge in [0.25, 0.3) is 0 Å². The molecule has 0 aliphatic heterocycles. The van der Waals surface area contributed by atoms with Crippen molar-refractivity contribution >= 4 is 27.7 Å². The summed E-state index contributed by atoms with van der Waals surface area (Å²) in [5.41, 5.74) is 0. The summed E-state index contributed by atoms with van der Waals surface area (Å²) in [6.45, 7) is 0. The summed E-state index contributed by atoms with van der Waals surface area (Å²) in [7, 11) is 0. The highest BCUT2D eigenvalue weighted by Gasteiger charge is 1.92. The van der Waals surface area contributed by atoms with Crippen molar-refractivity contribution < 1.29 is 0 Å². The van der Waals surface area contributed by atoms with Gasteiger partial charge < -0.3 is 0 Å². The number of thioether (sulfide) groups is 1. The van der Waals surface area contributed by atoms with Crippen LogP contribution >= 0.6 is 27.7 Å². The molecule has 2 heteroatoms. The van der Waals surface area contributed by atoms with E-state index in [1.165, 1.54) is 0 Å². The zero-order valence-electron chi connectivity index (χ0n) is 5.02. The fourth-order valence-corrected chi connectivity index (χ4v) is 1.76. The third-order valence-corrected chi connectivity index (χ3v) is 2.64. The van der Waals surface area contributed by atoms with Crippen molar-refractivity contribution in [1.82, 2.24) is 0 Å². The Morgan fingerprint density at radius 1 is 1.67 bits per heavy atom. The second-order valence-corrected chi connectivity index (χ2v) is 3.22. The zero-order valence-corrected chi connectivity index (χ0v) is 7.42. The molecule has 0 spiro atoms. The summed E-state index contributed by atoms with van der Waals surface area (Å²) in [5.74, 6) is 0. The number of halogens is 1. The lowest BCUT2D eigenvalue weighted by Gasteiger charge is -1.95. The van der Waals surface area contributed by atoms with Crippen LogP contribution in [-0.2, 0) is 0 Å². The Bertz CT molecular complexity index is 198. The molecular formula is C7H6BrS. The molecule has 0 aromatic heterocycles. The summed E-state index contributed by atoms with van der Waals surface area (Å²) in [6, 6.07) is 8.99. The highest BCUT2D eigenvalue weighted by atomic mass is 79.9. The van der Waals surface area contributed by atoms with Gasteiger partial charge in [-0.3, -0.25) is 0 Å². The normalized spacial score (nSPS) is 9.56. The quantitative estimate of drug-likeness (QED) is 0.631. The van der Waals surface area contributed by atoms with Crippen LogP contribution in [0.15, 0.2) is 27.6 Å².